The smallest absolute Gasteiger partial charge is 0.248 e. The molecular formula is C8H11N3O2S. The molecule has 2 amide bonds. The fraction of sp³-hybridized carbons (Fsp3) is 0.375. The van der Waals surface area contributed by atoms with E-state index in [-0.39, 0.29) is 11.8 Å². The molecule has 0 saturated carbocycles. The quantitative estimate of drug-likeness (QED) is 0.772. The molecule has 1 rings (SSSR count). The van der Waals surface area contributed by atoms with E-state index in [9.17, 15) is 9.59 Å². The van der Waals surface area contributed by atoms with Crippen LogP contribution in [0.1, 0.15) is 13.8 Å². The van der Waals surface area contributed by atoms with Gasteiger partial charge in [-0.25, -0.2) is 4.98 Å². The lowest BCUT2D eigenvalue weighted by Gasteiger charge is -2.10. The second-order valence-electron chi connectivity index (χ2n) is 2.75. The van der Waals surface area contributed by atoms with Crippen molar-refractivity contribution in [2.45, 2.75) is 19.9 Å². The molecule has 0 unspecified atom stereocenters. The van der Waals surface area contributed by atoms with Crippen LogP contribution in [-0.4, -0.2) is 22.8 Å². The van der Waals surface area contributed by atoms with Crippen molar-refractivity contribution in [2.75, 3.05) is 5.32 Å². The molecule has 0 bridgehead atoms. The highest BCUT2D eigenvalue weighted by Crippen LogP contribution is 2.10. The Balaban J connectivity index is 2.46. The number of nitrogens with one attached hydrogen (secondary N) is 2. The Morgan fingerprint density at radius 3 is 2.79 bits per heavy atom. The van der Waals surface area contributed by atoms with Crippen LogP contribution in [0.4, 0.5) is 5.13 Å². The summed E-state index contributed by atoms with van der Waals surface area (Å²) in [6.45, 7) is 2.98. The standard InChI is InChI=1S/C8H11N3O2S/c1-5(10-6(2)12)7(13)11-8-9-3-4-14-8/h3-5H,1-2H3,(H,10,12)(H,9,11,13)/t5-/m1/s1. The molecule has 1 atom stereocenters. The normalized spacial score (nSPS) is 11.9. The number of carbonyl (C=O) groups is 2. The van der Waals surface area contributed by atoms with E-state index in [4.69, 9.17) is 0 Å². The molecule has 76 valence electrons. The van der Waals surface area contributed by atoms with Crippen LogP contribution >= 0.6 is 11.3 Å². The van der Waals surface area contributed by atoms with Crippen LogP contribution in [0.5, 0.6) is 0 Å². The van der Waals surface area contributed by atoms with Gasteiger partial charge in [-0.3, -0.25) is 9.59 Å². The second-order valence-corrected chi connectivity index (χ2v) is 3.64. The molecule has 5 nitrogen and oxygen atoms in total. The lowest BCUT2D eigenvalue weighted by atomic mass is 10.3. The number of carbonyl (C=O) groups excluding carboxylic acids is 2. The highest BCUT2D eigenvalue weighted by atomic mass is 32.1. The zero-order valence-corrected chi connectivity index (χ0v) is 8.72. The van der Waals surface area contributed by atoms with Crippen LogP contribution in [0.2, 0.25) is 0 Å². The predicted molar refractivity (Wildman–Crippen MR) is 54.0 cm³/mol. The average molecular weight is 213 g/mol. The topological polar surface area (TPSA) is 71.1 Å². The highest BCUT2D eigenvalue weighted by Gasteiger charge is 2.14. The number of thiazole rings is 1. The van der Waals surface area contributed by atoms with Gasteiger partial charge in [-0.15, -0.1) is 11.3 Å². The number of amides is 2. The second kappa shape index (κ2) is 4.71. The molecule has 0 aliphatic carbocycles. The van der Waals surface area contributed by atoms with Gasteiger partial charge in [0.15, 0.2) is 5.13 Å². The van der Waals surface area contributed by atoms with Gasteiger partial charge < -0.3 is 10.6 Å². The van der Waals surface area contributed by atoms with Crippen molar-refractivity contribution in [2.24, 2.45) is 0 Å². The largest absolute Gasteiger partial charge is 0.345 e. The van der Waals surface area contributed by atoms with Gasteiger partial charge in [0.05, 0.1) is 0 Å². The predicted octanol–water partition coefficient (Wildman–Crippen LogP) is 0.606. The molecule has 2 N–H and O–H groups in total. The summed E-state index contributed by atoms with van der Waals surface area (Å²) in [6, 6.07) is -0.545. The number of hydrogen-bond acceptors (Lipinski definition) is 4. The summed E-state index contributed by atoms with van der Waals surface area (Å²) in [5.41, 5.74) is 0. The van der Waals surface area contributed by atoms with Gasteiger partial charge in [0.2, 0.25) is 11.8 Å². The van der Waals surface area contributed by atoms with Crippen molar-refractivity contribution < 1.29 is 9.59 Å². The fourth-order valence-electron chi connectivity index (χ4n) is 0.869. The maximum Gasteiger partial charge on any atom is 0.248 e. The molecule has 14 heavy (non-hydrogen) atoms. The van der Waals surface area contributed by atoms with Crippen molar-refractivity contribution in [3.63, 3.8) is 0 Å². The molecule has 0 aliphatic heterocycles. The van der Waals surface area contributed by atoms with E-state index in [1.807, 2.05) is 0 Å². The SMILES string of the molecule is CC(=O)N[C@H](C)C(=O)Nc1nccs1. The van der Waals surface area contributed by atoms with Gasteiger partial charge in [0, 0.05) is 18.5 Å². The lowest BCUT2D eigenvalue weighted by Crippen LogP contribution is -2.40. The third kappa shape index (κ3) is 3.14. The molecule has 1 heterocycles. The van der Waals surface area contributed by atoms with Crippen molar-refractivity contribution in [3.8, 4) is 0 Å². The molecule has 0 saturated heterocycles. The molecule has 0 spiro atoms. The molecule has 0 aliphatic rings. The van der Waals surface area contributed by atoms with E-state index >= 15 is 0 Å². The zero-order valence-electron chi connectivity index (χ0n) is 7.90. The molecule has 6 heteroatoms. The minimum Gasteiger partial charge on any atom is -0.345 e. The van der Waals surface area contributed by atoms with Crippen molar-refractivity contribution in [3.05, 3.63) is 11.6 Å². The van der Waals surface area contributed by atoms with Crippen molar-refractivity contribution in [1.29, 1.82) is 0 Å². The molecule has 0 fully saturated rings. The minimum absolute atomic E-state index is 0.230. The zero-order chi connectivity index (χ0) is 10.6. The van der Waals surface area contributed by atoms with Crippen LogP contribution < -0.4 is 10.6 Å². The Morgan fingerprint density at radius 2 is 2.29 bits per heavy atom. The fourth-order valence-corrected chi connectivity index (χ4v) is 1.40. The first-order valence-electron chi connectivity index (χ1n) is 4.07. The molecule has 1 aromatic rings. The average Bonchev–Trinajstić information content (AvgIpc) is 2.55. The van der Waals surface area contributed by atoms with Crippen LogP contribution in [-0.2, 0) is 9.59 Å². The Labute approximate surface area is 85.5 Å². The molecular weight excluding hydrogens is 202 g/mol. The third-order valence-corrected chi connectivity index (χ3v) is 2.16. The minimum atomic E-state index is -0.545. The van der Waals surface area contributed by atoms with E-state index in [1.165, 1.54) is 18.3 Å². The van der Waals surface area contributed by atoms with E-state index < -0.39 is 6.04 Å². The number of anilines is 1. The Morgan fingerprint density at radius 1 is 1.57 bits per heavy atom. The first-order valence-corrected chi connectivity index (χ1v) is 4.95. The number of aromatic nitrogens is 1. The Kier molecular flexibility index (Phi) is 3.58. The van der Waals surface area contributed by atoms with Gasteiger partial charge in [0.25, 0.3) is 0 Å². The molecule has 0 aromatic carbocycles. The van der Waals surface area contributed by atoms with Gasteiger partial charge in [-0.1, -0.05) is 0 Å². The monoisotopic (exact) mass is 213 g/mol. The first-order chi connectivity index (χ1) is 6.59. The Hall–Kier alpha value is -1.43. The van der Waals surface area contributed by atoms with Gasteiger partial charge in [-0.05, 0) is 6.92 Å². The summed E-state index contributed by atoms with van der Waals surface area (Å²) in [4.78, 5) is 25.9. The van der Waals surface area contributed by atoms with Crippen LogP contribution in [0.3, 0.4) is 0 Å². The maximum absolute atomic E-state index is 11.4. The summed E-state index contributed by atoms with van der Waals surface area (Å²) in [7, 11) is 0. The third-order valence-electron chi connectivity index (χ3n) is 1.48. The number of hydrogen-bond donors (Lipinski definition) is 2. The van der Waals surface area contributed by atoms with E-state index in [0.29, 0.717) is 5.13 Å². The first kappa shape index (κ1) is 10.6. The van der Waals surface area contributed by atoms with Crippen molar-refractivity contribution >= 4 is 28.3 Å². The van der Waals surface area contributed by atoms with E-state index in [2.05, 4.69) is 15.6 Å². The lowest BCUT2D eigenvalue weighted by molar-refractivity contribution is -0.124. The molecule has 1 aromatic heterocycles. The van der Waals surface area contributed by atoms with Crippen LogP contribution in [0, 0.1) is 0 Å². The van der Waals surface area contributed by atoms with Crippen molar-refractivity contribution in [1.82, 2.24) is 10.3 Å². The highest BCUT2D eigenvalue weighted by molar-refractivity contribution is 7.13. The van der Waals surface area contributed by atoms with E-state index in [1.54, 1.807) is 18.5 Å². The van der Waals surface area contributed by atoms with E-state index in [0.717, 1.165) is 0 Å². The summed E-state index contributed by atoms with van der Waals surface area (Å²) < 4.78 is 0. The van der Waals surface area contributed by atoms with Gasteiger partial charge in [0.1, 0.15) is 6.04 Å². The van der Waals surface area contributed by atoms with Gasteiger partial charge in [-0.2, -0.15) is 0 Å². The summed E-state index contributed by atoms with van der Waals surface area (Å²) in [5.74, 6) is -0.498. The summed E-state index contributed by atoms with van der Waals surface area (Å²) >= 11 is 1.33. The summed E-state index contributed by atoms with van der Waals surface area (Å²) in [5, 5.41) is 7.36. The molecule has 0 radical (unpaired) electrons. The van der Waals surface area contributed by atoms with Gasteiger partial charge >= 0.3 is 0 Å². The summed E-state index contributed by atoms with van der Waals surface area (Å²) in [6.07, 6.45) is 1.60. The Bertz CT molecular complexity index is 323. The number of nitrogens with zero attached hydrogens (tertiary/aromatic N) is 1. The van der Waals surface area contributed by atoms with Crippen LogP contribution in [0.25, 0.3) is 0 Å². The maximum atomic E-state index is 11.4. The number of rotatable bonds is 3. The van der Waals surface area contributed by atoms with Crippen LogP contribution in [0.15, 0.2) is 11.6 Å².